The molecule has 2 N–H and O–H groups in total. The predicted octanol–water partition coefficient (Wildman–Crippen LogP) is 0.735. The third-order valence-corrected chi connectivity index (χ3v) is 2.73. The second-order valence-corrected chi connectivity index (χ2v) is 4.03. The van der Waals surface area contributed by atoms with E-state index >= 15 is 0 Å². The van der Waals surface area contributed by atoms with E-state index < -0.39 is 0 Å². The zero-order valence-corrected chi connectivity index (χ0v) is 9.56. The smallest absolute Gasteiger partial charge is 0.251 e. The molecule has 0 radical (unpaired) electrons. The lowest BCUT2D eigenvalue weighted by Gasteiger charge is -2.25. The molecule has 0 aromatic carbocycles. The van der Waals surface area contributed by atoms with Crippen LogP contribution in [0.3, 0.4) is 0 Å². The van der Waals surface area contributed by atoms with Gasteiger partial charge in [0.15, 0.2) is 0 Å². The molecular weight excluding hydrogens is 220 g/mol. The fourth-order valence-corrected chi connectivity index (χ4v) is 1.55. The van der Waals surface area contributed by atoms with E-state index in [9.17, 15) is 4.79 Å². The molecule has 1 fully saturated rings. The number of ether oxygens (including phenoxy) is 1. The highest BCUT2D eigenvalue weighted by Crippen LogP contribution is 2.24. The summed E-state index contributed by atoms with van der Waals surface area (Å²) in [4.78, 5) is 15.7. The molecule has 0 bridgehead atoms. The summed E-state index contributed by atoms with van der Waals surface area (Å²) in [6.45, 7) is 0.183. The average Bonchev–Trinajstić information content (AvgIpc) is 2.31. The summed E-state index contributed by atoms with van der Waals surface area (Å²) in [5.74, 6) is 0.270. The molecule has 1 saturated carbocycles. The highest BCUT2D eigenvalue weighted by Gasteiger charge is 2.19. The SMILES string of the molecule is O=C(NCCO)c1ccnc(OC2CCC2)c1. The largest absolute Gasteiger partial charge is 0.474 e. The third kappa shape index (κ3) is 3.17. The maximum absolute atomic E-state index is 11.6. The van der Waals surface area contributed by atoms with Gasteiger partial charge in [0.1, 0.15) is 6.10 Å². The number of hydrogen-bond donors (Lipinski definition) is 2. The number of rotatable bonds is 5. The van der Waals surface area contributed by atoms with Crippen LogP contribution in [0.15, 0.2) is 18.3 Å². The van der Waals surface area contributed by atoms with Crippen molar-refractivity contribution in [1.29, 1.82) is 0 Å². The Hall–Kier alpha value is -1.62. The number of nitrogens with one attached hydrogen (secondary N) is 1. The molecule has 0 aliphatic heterocycles. The Bertz CT molecular complexity index is 391. The summed E-state index contributed by atoms with van der Waals surface area (Å²) in [6.07, 6.45) is 5.12. The van der Waals surface area contributed by atoms with Gasteiger partial charge >= 0.3 is 0 Å². The minimum Gasteiger partial charge on any atom is -0.474 e. The number of pyridine rings is 1. The maximum atomic E-state index is 11.6. The van der Waals surface area contributed by atoms with Gasteiger partial charge in [-0.3, -0.25) is 4.79 Å². The molecule has 5 heteroatoms. The molecule has 17 heavy (non-hydrogen) atoms. The second kappa shape index (κ2) is 5.63. The van der Waals surface area contributed by atoms with Crippen molar-refractivity contribution in [3.63, 3.8) is 0 Å². The number of aliphatic hydroxyl groups is 1. The van der Waals surface area contributed by atoms with E-state index in [1.807, 2.05) is 0 Å². The lowest BCUT2D eigenvalue weighted by atomic mass is 9.96. The molecule has 1 heterocycles. The first-order valence-corrected chi connectivity index (χ1v) is 5.81. The highest BCUT2D eigenvalue weighted by atomic mass is 16.5. The topological polar surface area (TPSA) is 71.5 Å². The van der Waals surface area contributed by atoms with Gasteiger partial charge in [-0.1, -0.05) is 0 Å². The van der Waals surface area contributed by atoms with Crippen molar-refractivity contribution >= 4 is 5.91 Å². The van der Waals surface area contributed by atoms with E-state index in [1.165, 1.54) is 6.42 Å². The Morgan fingerprint density at radius 1 is 1.59 bits per heavy atom. The van der Waals surface area contributed by atoms with E-state index in [0.29, 0.717) is 11.4 Å². The maximum Gasteiger partial charge on any atom is 0.251 e. The fourth-order valence-electron chi connectivity index (χ4n) is 1.55. The number of amides is 1. The first-order chi connectivity index (χ1) is 8.29. The monoisotopic (exact) mass is 236 g/mol. The Labute approximate surface area is 99.8 Å². The summed E-state index contributed by atoms with van der Waals surface area (Å²) in [7, 11) is 0. The molecule has 0 unspecified atom stereocenters. The van der Waals surface area contributed by atoms with Crippen LogP contribution in [0.1, 0.15) is 29.6 Å². The van der Waals surface area contributed by atoms with E-state index in [0.717, 1.165) is 12.8 Å². The van der Waals surface area contributed by atoms with Crippen molar-refractivity contribution in [3.8, 4) is 5.88 Å². The van der Waals surface area contributed by atoms with Crippen molar-refractivity contribution in [3.05, 3.63) is 23.9 Å². The molecule has 1 aromatic heterocycles. The third-order valence-electron chi connectivity index (χ3n) is 2.73. The fraction of sp³-hybridized carbons (Fsp3) is 0.500. The minimum atomic E-state index is -0.222. The van der Waals surface area contributed by atoms with Gasteiger partial charge in [-0.25, -0.2) is 4.98 Å². The number of hydrogen-bond acceptors (Lipinski definition) is 4. The standard InChI is InChI=1S/C12H16N2O3/c15-7-6-14-12(16)9-4-5-13-11(8-9)17-10-2-1-3-10/h4-5,8,10,15H,1-3,6-7H2,(H,14,16). The van der Waals surface area contributed by atoms with Crippen LogP contribution >= 0.6 is 0 Å². The average molecular weight is 236 g/mol. The summed E-state index contributed by atoms with van der Waals surface area (Å²) in [5.41, 5.74) is 0.503. The summed E-state index contributed by atoms with van der Waals surface area (Å²) < 4.78 is 5.61. The molecule has 0 saturated heterocycles. The van der Waals surface area contributed by atoms with Gasteiger partial charge in [-0.05, 0) is 25.3 Å². The number of carbonyl (C=O) groups is 1. The van der Waals surface area contributed by atoms with Crippen LogP contribution in [0.25, 0.3) is 0 Å². The molecule has 1 aliphatic carbocycles. The van der Waals surface area contributed by atoms with Gasteiger partial charge in [0.25, 0.3) is 5.91 Å². The summed E-state index contributed by atoms with van der Waals surface area (Å²) >= 11 is 0. The molecule has 1 aromatic rings. The van der Waals surface area contributed by atoms with Gasteiger partial charge < -0.3 is 15.2 Å². The Morgan fingerprint density at radius 3 is 3.06 bits per heavy atom. The molecule has 0 atom stereocenters. The van der Waals surface area contributed by atoms with Crippen molar-refractivity contribution in [1.82, 2.24) is 10.3 Å². The van der Waals surface area contributed by atoms with Crippen LogP contribution < -0.4 is 10.1 Å². The van der Waals surface area contributed by atoms with Crippen molar-refractivity contribution in [2.45, 2.75) is 25.4 Å². The number of nitrogens with zero attached hydrogens (tertiary/aromatic N) is 1. The number of aliphatic hydroxyl groups excluding tert-OH is 1. The molecule has 92 valence electrons. The first-order valence-electron chi connectivity index (χ1n) is 5.81. The highest BCUT2D eigenvalue weighted by molar-refractivity contribution is 5.94. The minimum absolute atomic E-state index is 0.0672. The van der Waals surface area contributed by atoms with E-state index in [2.05, 4.69) is 10.3 Å². The van der Waals surface area contributed by atoms with Crippen LogP contribution in [-0.4, -0.2) is 35.3 Å². The van der Waals surface area contributed by atoms with Gasteiger partial charge in [-0.15, -0.1) is 0 Å². The molecule has 5 nitrogen and oxygen atoms in total. The predicted molar refractivity (Wildman–Crippen MR) is 61.9 cm³/mol. The van der Waals surface area contributed by atoms with Crippen molar-refractivity contribution in [2.75, 3.05) is 13.2 Å². The van der Waals surface area contributed by atoms with E-state index in [4.69, 9.17) is 9.84 Å². The van der Waals surface area contributed by atoms with Gasteiger partial charge in [0.2, 0.25) is 5.88 Å². The number of aromatic nitrogens is 1. The van der Waals surface area contributed by atoms with Crippen molar-refractivity contribution in [2.24, 2.45) is 0 Å². The first kappa shape index (κ1) is 11.9. The summed E-state index contributed by atoms with van der Waals surface area (Å²) in [5, 5.41) is 11.2. The summed E-state index contributed by atoms with van der Waals surface area (Å²) in [6, 6.07) is 3.26. The Kier molecular flexibility index (Phi) is 3.93. The van der Waals surface area contributed by atoms with Crippen LogP contribution in [0, 0.1) is 0 Å². The van der Waals surface area contributed by atoms with Gasteiger partial charge in [0, 0.05) is 24.4 Å². The molecule has 1 aliphatic rings. The Morgan fingerprint density at radius 2 is 2.41 bits per heavy atom. The van der Waals surface area contributed by atoms with E-state index in [-0.39, 0.29) is 25.2 Å². The lowest BCUT2D eigenvalue weighted by Crippen LogP contribution is -2.27. The van der Waals surface area contributed by atoms with Crippen LogP contribution in [0.5, 0.6) is 5.88 Å². The normalized spacial score (nSPS) is 15.1. The quantitative estimate of drug-likeness (QED) is 0.790. The zero-order valence-electron chi connectivity index (χ0n) is 9.56. The second-order valence-electron chi connectivity index (χ2n) is 4.03. The van der Waals surface area contributed by atoms with Crippen LogP contribution in [0.4, 0.5) is 0 Å². The van der Waals surface area contributed by atoms with Crippen molar-refractivity contribution < 1.29 is 14.6 Å². The van der Waals surface area contributed by atoms with Crippen LogP contribution in [0.2, 0.25) is 0 Å². The molecule has 1 amide bonds. The van der Waals surface area contributed by atoms with E-state index in [1.54, 1.807) is 18.3 Å². The molecule has 2 rings (SSSR count). The Balaban J connectivity index is 1.97. The zero-order chi connectivity index (χ0) is 12.1. The van der Waals surface area contributed by atoms with Gasteiger partial charge in [-0.2, -0.15) is 0 Å². The van der Waals surface area contributed by atoms with Gasteiger partial charge in [0.05, 0.1) is 6.61 Å². The van der Waals surface area contributed by atoms with Crippen LogP contribution in [-0.2, 0) is 0 Å². The molecule has 0 spiro atoms. The lowest BCUT2D eigenvalue weighted by molar-refractivity contribution is 0.0940. The molecular formula is C12H16N2O3. The number of carbonyl (C=O) groups excluding carboxylic acids is 1.